The van der Waals surface area contributed by atoms with Crippen molar-refractivity contribution in [2.24, 2.45) is 23.7 Å². The van der Waals surface area contributed by atoms with E-state index in [9.17, 15) is 0 Å². The Hall–Kier alpha value is -1.58. The van der Waals surface area contributed by atoms with E-state index in [2.05, 4.69) is 35.3 Å². The molecule has 21 heavy (non-hydrogen) atoms. The van der Waals surface area contributed by atoms with Gasteiger partial charge in [0.15, 0.2) is 5.82 Å². The standard InChI is InChI=1S/C17H22N4/c1-9(2)12-8-13-17(18-5-6-21(13)20-12)19-16-14-10-3-4-11(7-10)15(14)16/h5-6,8-11,14-16H,3-4,7H2,1-2H3,(H,18,19). The largest absolute Gasteiger partial charge is 0.365 e. The highest BCUT2D eigenvalue weighted by Gasteiger charge is 2.65. The van der Waals surface area contributed by atoms with Crippen LogP contribution in [-0.2, 0) is 0 Å². The number of rotatable bonds is 3. The van der Waals surface area contributed by atoms with Crippen molar-refractivity contribution in [1.29, 1.82) is 0 Å². The lowest BCUT2D eigenvalue weighted by Gasteiger charge is -2.11. The maximum Gasteiger partial charge on any atom is 0.152 e. The first kappa shape index (κ1) is 12.0. The molecular formula is C17H22N4. The van der Waals surface area contributed by atoms with Crippen LogP contribution in [0.5, 0.6) is 0 Å². The Kier molecular flexibility index (Phi) is 2.28. The Morgan fingerprint density at radius 2 is 2.00 bits per heavy atom. The summed E-state index contributed by atoms with van der Waals surface area (Å²) in [5.41, 5.74) is 2.26. The van der Waals surface area contributed by atoms with Gasteiger partial charge < -0.3 is 5.32 Å². The number of nitrogens with one attached hydrogen (secondary N) is 1. The van der Waals surface area contributed by atoms with E-state index in [1.54, 1.807) is 0 Å². The van der Waals surface area contributed by atoms with Crippen LogP contribution in [0.2, 0.25) is 0 Å². The first-order chi connectivity index (χ1) is 10.2. The molecule has 0 amide bonds. The highest BCUT2D eigenvalue weighted by Crippen LogP contribution is 2.66. The Balaban J connectivity index is 1.46. The summed E-state index contributed by atoms with van der Waals surface area (Å²) in [6.45, 7) is 4.37. The van der Waals surface area contributed by atoms with Crippen molar-refractivity contribution in [2.75, 3.05) is 5.32 Å². The molecule has 4 atom stereocenters. The van der Waals surface area contributed by atoms with E-state index < -0.39 is 0 Å². The van der Waals surface area contributed by atoms with Gasteiger partial charge in [0.25, 0.3) is 0 Å². The van der Waals surface area contributed by atoms with Gasteiger partial charge in [0.2, 0.25) is 0 Å². The first-order valence-corrected chi connectivity index (χ1v) is 8.33. The van der Waals surface area contributed by atoms with Crippen molar-refractivity contribution in [2.45, 2.75) is 45.1 Å². The van der Waals surface area contributed by atoms with E-state index in [0.717, 1.165) is 40.7 Å². The van der Waals surface area contributed by atoms with Crippen LogP contribution in [0.4, 0.5) is 5.82 Å². The van der Waals surface area contributed by atoms with Crippen LogP contribution < -0.4 is 5.32 Å². The SMILES string of the molecule is CC(C)c1cc2c(NC3C4C5CCC(C5)C34)nccn2n1. The summed E-state index contributed by atoms with van der Waals surface area (Å²) >= 11 is 0. The molecule has 4 heteroatoms. The van der Waals surface area contributed by atoms with Crippen LogP contribution >= 0.6 is 0 Å². The van der Waals surface area contributed by atoms with Crippen molar-refractivity contribution in [3.63, 3.8) is 0 Å². The van der Waals surface area contributed by atoms with Crippen LogP contribution in [0, 0.1) is 23.7 Å². The second-order valence-electron chi connectivity index (χ2n) is 7.49. The molecule has 4 unspecified atom stereocenters. The molecule has 2 bridgehead atoms. The van der Waals surface area contributed by atoms with Crippen molar-refractivity contribution >= 4 is 11.3 Å². The summed E-state index contributed by atoms with van der Waals surface area (Å²) < 4.78 is 1.97. The molecular weight excluding hydrogens is 260 g/mol. The number of nitrogens with zero attached hydrogens (tertiary/aromatic N) is 3. The van der Waals surface area contributed by atoms with Gasteiger partial charge in [-0.05, 0) is 54.9 Å². The fraction of sp³-hybridized carbons (Fsp3) is 0.647. The predicted octanol–water partition coefficient (Wildman–Crippen LogP) is 3.31. The first-order valence-electron chi connectivity index (χ1n) is 8.33. The Morgan fingerprint density at radius 1 is 1.24 bits per heavy atom. The molecule has 4 nitrogen and oxygen atoms in total. The smallest absolute Gasteiger partial charge is 0.152 e. The Bertz CT molecular complexity index is 688. The third kappa shape index (κ3) is 1.62. The molecule has 3 saturated carbocycles. The third-order valence-corrected chi connectivity index (χ3v) is 6.04. The quantitative estimate of drug-likeness (QED) is 0.939. The van der Waals surface area contributed by atoms with Gasteiger partial charge in [0.1, 0.15) is 5.52 Å². The normalized spacial score (nSPS) is 36.4. The zero-order valence-electron chi connectivity index (χ0n) is 12.7. The van der Waals surface area contributed by atoms with Crippen molar-refractivity contribution in [1.82, 2.24) is 14.6 Å². The number of hydrogen-bond acceptors (Lipinski definition) is 3. The van der Waals surface area contributed by atoms with Gasteiger partial charge in [-0.15, -0.1) is 0 Å². The van der Waals surface area contributed by atoms with E-state index >= 15 is 0 Å². The van der Waals surface area contributed by atoms with Crippen molar-refractivity contribution < 1.29 is 0 Å². The topological polar surface area (TPSA) is 42.2 Å². The van der Waals surface area contributed by atoms with E-state index in [1.807, 2.05) is 16.9 Å². The van der Waals surface area contributed by atoms with Gasteiger partial charge in [0.05, 0.1) is 5.69 Å². The molecule has 3 aliphatic rings. The molecule has 1 N–H and O–H groups in total. The molecule has 3 aliphatic carbocycles. The van der Waals surface area contributed by atoms with Crippen LogP contribution in [0.15, 0.2) is 18.5 Å². The lowest BCUT2D eigenvalue weighted by atomic mass is 10.0. The van der Waals surface area contributed by atoms with E-state index in [4.69, 9.17) is 0 Å². The molecule has 2 aromatic heterocycles. The van der Waals surface area contributed by atoms with Crippen LogP contribution in [0.25, 0.3) is 5.52 Å². The summed E-state index contributed by atoms with van der Waals surface area (Å²) in [5, 5.41) is 8.39. The highest BCUT2D eigenvalue weighted by atomic mass is 15.2. The van der Waals surface area contributed by atoms with Gasteiger partial charge in [-0.3, -0.25) is 0 Å². The molecule has 0 spiro atoms. The second kappa shape index (κ2) is 3.99. The number of anilines is 1. The molecule has 0 radical (unpaired) electrons. The maximum atomic E-state index is 4.65. The summed E-state index contributed by atoms with van der Waals surface area (Å²) in [7, 11) is 0. The number of aromatic nitrogens is 3. The van der Waals surface area contributed by atoms with Crippen molar-refractivity contribution in [3.8, 4) is 0 Å². The lowest BCUT2D eigenvalue weighted by molar-refractivity contribution is 0.456. The van der Waals surface area contributed by atoms with Gasteiger partial charge in [0, 0.05) is 18.4 Å². The van der Waals surface area contributed by atoms with Crippen LogP contribution in [0.3, 0.4) is 0 Å². The minimum Gasteiger partial charge on any atom is -0.365 e. The molecule has 3 fully saturated rings. The molecule has 2 heterocycles. The predicted molar refractivity (Wildman–Crippen MR) is 82.3 cm³/mol. The summed E-state index contributed by atoms with van der Waals surface area (Å²) in [4.78, 5) is 4.59. The average Bonchev–Trinajstić information content (AvgIpc) is 2.91. The second-order valence-corrected chi connectivity index (χ2v) is 7.49. The summed E-state index contributed by atoms with van der Waals surface area (Å²) in [6.07, 6.45) is 8.23. The lowest BCUT2D eigenvalue weighted by Crippen LogP contribution is -2.14. The molecule has 0 aliphatic heterocycles. The third-order valence-electron chi connectivity index (χ3n) is 6.04. The number of fused-ring (bicyclic) bond motifs is 6. The minimum atomic E-state index is 0.453. The van der Waals surface area contributed by atoms with Crippen molar-refractivity contribution in [3.05, 3.63) is 24.2 Å². The molecule has 2 aromatic rings. The zero-order valence-corrected chi connectivity index (χ0v) is 12.7. The fourth-order valence-electron chi connectivity index (χ4n) is 5.01. The molecule has 0 aromatic carbocycles. The van der Waals surface area contributed by atoms with Crippen LogP contribution in [0.1, 0.15) is 44.7 Å². The summed E-state index contributed by atoms with van der Waals surface area (Å²) in [6, 6.07) is 2.86. The average molecular weight is 282 g/mol. The Labute approximate surface area is 125 Å². The maximum absolute atomic E-state index is 4.65. The molecule has 0 saturated heterocycles. The van der Waals surface area contributed by atoms with E-state index in [1.165, 1.54) is 19.3 Å². The van der Waals surface area contributed by atoms with Crippen LogP contribution in [-0.4, -0.2) is 20.6 Å². The molecule has 110 valence electrons. The van der Waals surface area contributed by atoms with E-state index in [-0.39, 0.29) is 0 Å². The van der Waals surface area contributed by atoms with Gasteiger partial charge in [-0.25, -0.2) is 9.50 Å². The van der Waals surface area contributed by atoms with Gasteiger partial charge >= 0.3 is 0 Å². The molecule has 5 rings (SSSR count). The van der Waals surface area contributed by atoms with Gasteiger partial charge in [-0.2, -0.15) is 5.10 Å². The zero-order chi connectivity index (χ0) is 14.1. The van der Waals surface area contributed by atoms with Gasteiger partial charge in [-0.1, -0.05) is 13.8 Å². The number of hydrogen-bond donors (Lipinski definition) is 1. The summed E-state index contributed by atoms with van der Waals surface area (Å²) in [5.74, 6) is 5.32. The monoisotopic (exact) mass is 282 g/mol. The fourth-order valence-corrected chi connectivity index (χ4v) is 5.01. The highest BCUT2D eigenvalue weighted by molar-refractivity contribution is 5.69. The van der Waals surface area contributed by atoms with E-state index in [0.29, 0.717) is 12.0 Å². The minimum absolute atomic E-state index is 0.453. The Morgan fingerprint density at radius 3 is 2.71 bits per heavy atom.